The predicted molar refractivity (Wildman–Crippen MR) is 74.9 cm³/mol. The van der Waals surface area contributed by atoms with Gasteiger partial charge in [0, 0.05) is 12.1 Å². The van der Waals surface area contributed by atoms with Gasteiger partial charge < -0.3 is 10.4 Å². The van der Waals surface area contributed by atoms with Crippen LogP contribution >= 0.6 is 0 Å². The van der Waals surface area contributed by atoms with Crippen molar-refractivity contribution < 1.29 is 5.11 Å². The average Bonchev–Trinajstić information content (AvgIpc) is 2.39. The first kappa shape index (κ1) is 12.0. The Hall–Kier alpha value is -1.02. The van der Waals surface area contributed by atoms with E-state index in [1.54, 1.807) is 0 Å². The third-order valence-corrected chi connectivity index (χ3v) is 4.58. The van der Waals surface area contributed by atoms with Crippen molar-refractivity contribution >= 4 is 5.69 Å². The summed E-state index contributed by atoms with van der Waals surface area (Å²) in [5, 5.41) is 14.0. The number of anilines is 1. The summed E-state index contributed by atoms with van der Waals surface area (Å²) in [6.07, 6.45) is 7.17. The van der Waals surface area contributed by atoms with Gasteiger partial charge in [-0.25, -0.2) is 0 Å². The Morgan fingerprint density at radius 3 is 2.72 bits per heavy atom. The van der Waals surface area contributed by atoms with E-state index in [1.807, 2.05) is 0 Å². The highest BCUT2D eigenvalue weighted by atomic mass is 16.3. The van der Waals surface area contributed by atoms with Gasteiger partial charge in [0.2, 0.25) is 0 Å². The van der Waals surface area contributed by atoms with E-state index in [4.69, 9.17) is 0 Å². The Morgan fingerprint density at radius 2 is 1.94 bits per heavy atom. The highest BCUT2D eigenvalue weighted by molar-refractivity contribution is 5.56. The standard InChI is InChI=1S/C16H23NO/c1-11-7-8-14-13(9-11)10-15(18)16(17-14)12-5-3-2-4-6-12/h7-9,12,15-18H,2-6,10H2,1H3. The molecule has 18 heavy (non-hydrogen) atoms. The van der Waals surface area contributed by atoms with Crippen LogP contribution in [0.5, 0.6) is 0 Å². The molecule has 1 aromatic rings. The SMILES string of the molecule is Cc1ccc2c(c1)CC(O)C(C1CCCCC1)N2. The second kappa shape index (κ2) is 4.93. The maximum Gasteiger partial charge on any atom is 0.0784 e. The molecule has 2 aliphatic rings. The third-order valence-electron chi connectivity index (χ3n) is 4.58. The van der Waals surface area contributed by atoms with E-state index in [9.17, 15) is 5.11 Å². The molecule has 0 radical (unpaired) electrons. The van der Waals surface area contributed by atoms with Crippen LogP contribution in [0, 0.1) is 12.8 Å². The van der Waals surface area contributed by atoms with Crippen molar-refractivity contribution in [3.63, 3.8) is 0 Å². The number of aliphatic hydroxyl groups excluding tert-OH is 1. The largest absolute Gasteiger partial charge is 0.391 e. The van der Waals surface area contributed by atoms with Crippen LogP contribution < -0.4 is 5.32 Å². The van der Waals surface area contributed by atoms with E-state index < -0.39 is 0 Å². The van der Waals surface area contributed by atoms with Crippen LogP contribution in [0.25, 0.3) is 0 Å². The summed E-state index contributed by atoms with van der Waals surface area (Å²) in [7, 11) is 0. The van der Waals surface area contributed by atoms with E-state index in [2.05, 4.69) is 30.4 Å². The van der Waals surface area contributed by atoms with Gasteiger partial charge in [0.15, 0.2) is 0 Å². The smallest absolute Gasteiger partial charge is 0.0784 e. The molecule has 0 saturated heterocycles. The van der Waals surface area contributed by atoms with Gasteiger partial charge in [0.25, 0.3) is 0 Å². The Morgan fingerprint density at radius 1 is 1.17 bits per heavy atom. The molecule has 2 heteroatoms. The molecule has 1 fully saturated rings. The van der Waals surface area contributed by atoms with Gasteiger partial charge >= 0.3 is 0 Å². The average molecular weight is 245 g/mol. The summed E-state index contributed by atoms with van der Waals surface area (Å²) in [6.45, 7) is 2.11. The van der Waals surface area contributed by atoms with Crippen LogP contribution in [-0.2, 0) is 6.42 Å². The fourth-order valence-corrected chi connectivity index (χ4v) is 3.59. The first-order chi connectivity index (χ1) is 8.74. The molecule has 1 aliphatic heterocycles. The summed E-state index contributed by atoms with van der Waals surface area (Å²) in [5.74, 6) is 0.656. The van der Waals surface area contributed by atoms with Crippen molar-refractivity contribution in [3.05, 3.63) is 29.3 Å². The van der Waals surface area contributed by atoms with E-state index >= 15 is 0 Å². The summed E-state index contributed by atoms with van der Waals surface area (Å²) in [4.78, 5) is 0. The molecule has 2 unspecified atom stereocenters. The topological polar surface area (TPSA) is 32.3 Å². The van der Waals surface area contributed by atoms with Crippen LogP contribution in [0.1, 0.15) is 43.2 Å². The Balaban J connectivity index is 1.80. The molecule has 0 amide bonds. The van der Waals surface area contributed by atoms with Crippen molar-refractivity contribution in [1.82, 2.24) is 0 Å². The molecule has 98 valence electrons. The van der Waals surface area contributed by atoms with E-state index in [0.29, 0.717) is 5.92 Å². The molecule has 2 nitrogen and oxygen atoms in total. The molecule has 0 aromatic heterocycles. The number of aryl methyl sites for hydroxylation is 1. The minimum Gasteiger partial charge on any atom is -0.391 e. The summed E-state index contributed by atoms with van der Waals surface area (Å²) in [6, 6.07) is 6.79. The zero-order valence-electron chi connectivity index (χ0n) is 11.2. The highest BCUT2D eigenvalue weighted by Crippen LogP contribution is 2.34. The summed E-state index contributed by atoms with van der Waals surface area (Å²) >= 11 is 0. The molecule has 1 aliphatic carbocycles. The van der Waals surface area contributed by atoms with Crippen molar-refractivity contribution in [3.8, 4) is 0 Å². The zero-order chi connectivity index (χ0) is 12.5. The second-order valence-electron chi connectivity index (χ2n) is 6.00. The minimum atomic E-state index is -0.220. The van der Waals surface area contributed by atoms with Crippen LogP contribution in [0.2, 0.25) is 0 Å². The number of nitrogens with one attached hydrogen (secondary N) is 1. The fourth-order valence-electron chi connectivity index (χ4n) is 3.59. The van der Waals surface area contributed by atoms with Gasteiger partial charge in [-0.15, -0.1) is 0 Å². The van der Waals surface area contributed by atoms with E-state index in [0.717, 1.165) is 6.42 Å². The van der Waals surface area contributed by atoms with Gasteiger partial charge in [-0.2, -0.15) is 0 Å². The van der Waals surface area contributed by atoms with E-state index in [1.165, 1.54) is 48.9 Å². The number of benzene rings is 1. The number of rotatable bonds is 1. The van der Waals surface area contributed by atoms with E-state index in [-0.39, 0.29) is 12.1 Å². The molecule has 0 bridgehead atoms. The molecule has 2 N–H and O–H groups in total. The molecule has 1 aromatic carbocycles. The number of hydrogen-bond donors (Lipinski definition) is 2. The number of hydrogen-bond acceptors (Lipinski definition) is 2. The number of aliphatic hydroxyl groups is 1. The lowest BCUT2D eigenvalue weighted by molar-refractivity contribution is 0.109. The van der Waals surface area contributed by atoms with Crippen LogP contribution in [0.4, 0.5) is 5.69 Å². The first-order valence-corrected chi connectivity index (χ1v) is 7.28. The van der Waals surface area contributed by atoms with Crippen LogP contribution in [0.15, 0.2) is 18.2 Å². The highest BCUT2D eigenvalue weighted by Gasteiger charge is 2.33. The minimum absolute atomic E-state index is 0.220. The molecule has 1 saturated carbocycles. The van der Waals surface area contributed by atoms with Gasteiger partial charge in [-0.3, -0.25) is 0 Å². The van der Waals surface area contributed by atoms with Crippen LogP contribution in [-0.4, -0.2) is 17.3 Å². The van der Waals surface area contributed by atoms with Crippen molar-refractivity contribution in [1.29, 1.82) is 0 Å². The molecule has 3 rings (SSSR count). The van der Waals surface area contributed by atoms with Crippen molar-refractivity contribution in [2.75, 3.05) is 5.32 Å². The lowest BCUT2D eigenvalue weighted by Crippen LogP contribution is -2.45. The summed E-state index contributed by atoms with van der Waals surface area (Å²) in [5.41, 5.74) is 3.79. The fraction of sp³-hybridized carbons (Fsp3) is 0.625. The third kappa shape index (κ3) is 2.26. The molecule has 2 atom stereocenters. The second-order valence-corrected chi connectivity index (χ2v) is 6.00. The molecule has 0 spiro atoms. The summed E-state index contributed by atoms with van der Waals surface area (Å²) < 4.78 is 0. The Kier molecular flexibility index (Phi) is 3.29. The Bertz CT molecular complexity index is 423. The van der Waals surface area contributed by atoms with Gasteiger partial charge in [0.05, 0.1) is 12.1 Å². The molecule has 1 heterocycles. The molecular weight excluding hydrogens is 222 g/mol. The quantitative estimate of drug-likeness (QED) is 0.796. The maximum atomic E-state index is 10.4. The maximum absolute atomic E-state index is 10.4. The molecular formula is C16H23NO. The first-order valence-electron chi connectivity index (χ1n) is 7.28. The van der Waals surface area contributed by atoms with Gasteiger partial charge in [-0.05, 0) is 37.3 Å². The van der Waals surface area contributed by atoms with Gasteiger partial charge in [-0.1, -0.05) is 37.0 Å². The van der Waals surface area contributed by atoms with Gasteiger partial charge in [0.1, 0.15) is 0 Å². The predicted octanol–water partition coefficient (Wildman–Crippen LogP) is 3.27. The van der Waals surface area contributed by atoms with Crippen molar-refractivity contribution in [2.45, 2.75) is 57.6 Å². The lowest BCUT2D eigenvalue weighted by Gasteiger charge is -2.38. The van der Waals surface area contributed by atoms with Crippen LogP contribution in [0.3, 0.4) is 0 Å². The zero-order valence-corrected chi connectivity index (χ0v) is 11.2. The Labute approximate surface area is 109 Å². The lowest BCUT2D eigenvalue weighted by atomic mass is 9.78. The normalized spacial score (nSPS) is 28.6. The number of fused-ring (bicyclic) bond motifs is 1. The van der Waals surface area contributed by atoms with Crippen molar-refractivity contribution in [2.24, 2.45) is 5.92 Å². The monoisotopic (exact) mass is 245 g/mol.